The molecule has 0 saturated heterocycles. The van der Waals surface area contributed by atoms with Gasteiger partial charge in [0.15, 0.2) is 0 Å². The third kappa shape index (κ3) is 2.86. The molecule has 1 unspecified atom stereocenters. The molecule has 4 rings (SSSR count). The highest BCUT2D eigenvalue weighted by molar-refractivity contribution is 5.72. The minimum atomic E-state index is -0.663. The zero-order valence-corrected chi connectivity index (χ0v) is 14.1. The van der Waals surface area contributed by atoms with Crippen molar-refractivity contribution in [2.75, 3.05) is 4.90 Å². The van der Waals surface area contributed by atoms with Crippen molar-refractivity contribution in [2.24, 2.45) is 5.11 Å². The molecule has 0 aromatic heterocycles. The Balaban J connectivity index is 1.83. The van der Waals surface area contributed by atoms with Crippen LogP contribution in [-0.2, 0) is 12.8 Å². The Bertz CT molecular complexity index is 767. The first-order valence-corrected chi connectivity index (χ1v) is 8.97. The topological polar surface area (TPSA) is 72.2 Å². The predicted octanol–water partition coefficient (Wildman–Crippen LogP) is 4.52. The van der Waals surface area contributed by atoms with Crippen LogP contribution in [0, 0.1) is 0 Å². The molecule has 2 aromatic rings. The fraction of sp³-hybridized carbons (Fsp3) is 0.400. The van der Waals surface area contributed by atoms with Gasteiger partial charge in [0.1, 0.15) is 0 Å². The number of para-hydroxylation sites is 2. The number of rotatable bonds is 2. The summed E-state index contributed by atoms with van der Waals surface area (Å²) in [5.41, 5.74) is 13.8. The number of aliphatic hydroxyl groups excluding tert-OH is 1. The first-order chi connectivity index (χ1) is 12.3. The van der Waals surface area contributed by atoms with Gasteiger partial charge in [-0.25, -0.2) is 0 Å². The molecule has 128 valence electrons. The van der Waals surface area contributed by atoms with Gasteiger partial charge < -0.3 is 10.0 Å². The molecule has 0 radical (unpaired) electrons. The van der Waals surface area contributed by atoms with E-state index in [-0.39, 0.29) is 12.1 Å². The van der Waals surface area contributed by atoms with Crippen LogP contribution in [0.15, 0.2) is 53.6 Å². The van der Waals surface area contributed by atoms with E-state index < -0.39 is 6.10 Å². The molecular formula is C20H22N4O. The SMILES string of the molecule is [N-]=[N+]=N[C@H]1CCCC(N2c3ccccc3CCc3ccccc32)[C@@H]1O. The lowest BCUT2D eigenvalue weighted by molar-refractivity contribution is 0.0879. The number of benzene rings is 2. The maximum atomic E-state index is 10.9. The van der Waals surface area contributed by atoms with Gasteiger partial charge in [-0.1, -0.05) is 47.9 Å². The van der Waals surface area contributed by atoms with Gasteiger partial charge >= 0.3 is 0 Å². The molecule has 0 spiro atoms. The van der Waals surface area contributed by atoms with Crippen LogP contribution in [0.5, 0.6) is 0 Å². The number of aliphatic hydroxyl groups is 1. The molecule has 1 aliphatic heterocycles. The van der Waals surface area contributed by atoms with Gasteiger partial charge in [-0.15, -0.1) is 0 Å². The molecule has 3 atom stereocenters. The van der Waals surface area contributed by atoms with Crippen LogP contribution in [0.25, 0.3) is 10.4 Å². The fourth-order valence-electron chi connectivity index (χ4n) is 4.28. The van der Waals surface area contributed by atoms with E-state index in [1.165, 1.54) is 11.1 Å². The van der Waals surface area contributed by atoms with Gasteiger partial charge in [0.05, 0.1) is 18.2 Å². The number of hydrogen-bond donors (Lipinski definition) is 1. The van der Waals surface area contributed by atoms with E-state index in [1.807, 2.05) is 0 Å². The number of anilines is 2. The Kier molecular flexibility index (Phi) is 4.35. The second-order valence-electron chi connectivity index (χ2n) is 6.89. The number of aryl methyl sites for hydroxylation is 2. The molecule has 2 aliphatic rings. The molecule has 1 N–H and O–H groups in total. The standard InChI is InChI=1S/C20H22N4O/c21-23-22-16-8-5-11-19(20(16)25)24-17-9-3-1-6-14(17)12-13-15-7-2-4-10-18(15)24/h1-4,6-7,9-10,16,19-20,25H,5,8,11-13H2/t16-,19?,20+/m0/s1. The number of fused-ring (bicyclic) bond motifs is 2. The average Bonchev–Trinajstić information content (AvgIpc) is 2.81. The minimum absolute atomic E-state index is 0.0790. The van der Waals surface area contributed by atoms with Crippen molar-refractivity contribution in [3.8, 4) is 0 Å². The maximum Gasteiger partial charge on any atom is 0.0832 e. The minimum Gasteiger partial charge on any atom is -0.391 e. The summed E-state index contributed by atoms with van der Waals surface area (Å²) in [5, 5.41) is 14.8. The molecule has 0 amide bonds. The van der Waals surface area contributed by atoms with Gasteiger partial charge in [-0.05, 0) is 54.5 Å². The summed E-state index contributed by atoms with van der Waals surface area (Å²) in [6.07, 6.45) is 3.91. The molecule has 1 fully saturated rings. The van der Waals surface area contributed by atoms with E-state index in [9.17, 15) is 5.11 Å². The normalized spacial score (nSPS) is 25.3. The quantitative estimate of drug-likeness (QED) is 0.498. The fourth-order valence-corrected chi connectivity index (χ4v) is 4.28. The summed E-state index contributed by atoms with van der Waals surface area (Å²) in [6.45, 7) is 0. The third-order valence-corrected chi connectivity index (χ3v) is 5.49. The lowest BCUT2D eigenvalue weighted by Gasteiger charge is -2.42. The summed E-state index contributed by atoms with van der Waals surface area (Å²) < 4.78 is 0. The molecule has 5 heteroatoms. The summed E-state index contributed by atoms with van der Waals surface area (Å²) in [4.78, 5) is 5.24. The van der Waals surface area contributed by atoms with E-state index in [0.717, 1.165) is 43.5 Å². The highest BCUT2D eigenvalue weighted by Gasteiger charge is 2.37. The Morgan fingerprint density at radius 1 is 0.960 bits per heavy atom. The average molecular weight is 334 g/mol. The summed E-state index contributed by atoms with van der Waals surface area (Å²) in [7, 11) is 0. The Morgan fingerprint density at radius 3 is 2.16 bits per heavy atom. The summed E-state index contributed by atoms with van der Waals surface area (Å²) in [6, 6.07) is 16.5. The Morgan fingerprint density at radius 2 is 1.56 bits per heavy atom. The summed E-state index contributed by atoms with van der Waals surface area (Å²) in [5.74, 6) is 0. The lowest BCUT2D eigenvalue weighted by Crippen LogP contribution is -2.49. The molecule has 1 saturated carbocycles. The van der Waals surface area contributed by atoms with Crippen molar-refractivity contribution < 1.29 is 5.11 Å². The van der Waals surface area contributed by atoms with Crippen molar-refractivity contribution >= 4 is 11.4 Å². The van der Waals surface area contributed by atoms with Gasteiger partial charge in [0.2, 0.25) is 0 Å². The Labute approximate surface area is 147 Å². The number of nitrogens with zero attached hydrogens (tertiary/aromatic N) is 4. The zero-order valence-electron chi connectivity index (χ0n) is 14.1. The van der Waals surface area contributed by atoms with Crippen molar-refractivity contribution in [1.82, 2.24) is 0 Å². The Hall–Kier alpha value is -2.49. The van der Waals surface area contributed by atoms with E-state index in [0.29, 0.717) is 0 Å². The molecular weight excluding hydrogens is 312 g/mol. The number of hydrogen-bond acceptors (Lipinski definition) is 3. The van der Waals surface area contributed by atoms with E-state index in [4.69, 9.17) is 5.53 Å². The van der Waals surface area contributed by atoms with Crippen LogP contribution in [-0.4, -0.2) is 23.3 Å². The van der Waals surface area contributed by atoms with E-state index >= 15 is 0 Å². The van der Waals surface area contributed by atoms with Gasteiger partial charge in [0, 0.05) is 16.3 Å². The van der Waals surface area contributed by atoms with Crippen molar-refractivity contribution in [3.05, 3.63) is 70.1 Å². The number of azide groups is 1. The second-order valence-corrected chi connectivity index (χ2v) is 6.89. The predicted molar refractivity (Wildman–Crippen MR) is 99.0 cm³/mol. The first kappa shape index (κ1) is 16.0. The van der Waals surface area contributed by atoms with Crippen molar-refractivity contribution in [1.29, 1.82) is 0 Å². The van der Waals surface area contributed by atoms with Crippen molar-refractivity contribution in [3.63, 3.8) is 0 Å². The van der Waals surface area contributed by atoms with Crippen LogP contribution in [0.3, 0.4) is 0 Å². The van der Waals surface area contributed by atoms with Gasteiger partial charge in [-0.3, -0.25) is 0 Å². The molecule has 1 heterocycles. The molecule has 5 nitrogen and oxygen atoms in total. The van der Waals surface area contributed by atoms with Crippen molar-refractivity contribution in [2.45, 2.75) is 50.3 Å². The third-order valence-electron chi connectivity index (χ3n) is 5.49. The highest BCUT2D eigenvalue weighted by Crippen LogP contribution is 2.41. The van der Waals surface area contributed by atoms with Gasteiger partial charge in [0.25, 0.3) is 0 Å². The smallest absolute Gasteiger partial charge is 0.0832 e. The van der Waals surface area contributed by atoms with Crippen LogP contribution < -0.4 is 4.90 Å². The van der Waals surface area contributed by atoms with E-state index in [2.05, 4.69) is 63.5 Å². The van der Waals surface area contributed by atoms with E-state index in [1.54, 1.807) is 0 Å². The van der Waals surface area contributed by atoms with Gasteiger partial charge in [-0.2, -0.15) is 0 Å². The molecule has 0 bridgehead atoms. The van der Waals surface area contributed by atoms with Crippen LogP contribution in [0.4, 0.5) is 11.4 Å². The zero-order chi connectivity index (χ0) is 17.2. The second kappa shape index (κ2) is 6.79. The molecule has 1 aliphatic carbocycles. The maximum absolute atomic E-state index is 10.9. The first-order valence-electron chi connectivity index (χ1n) is 8.97. The molecule has 25 heavy (non-hydrogen) atoms. The lowest BCUT2D eigenvalue weighted by atomic mass is 9.86. The molecule has 2 aromatic carbocycles. The monoisotopic (exact) mass is 334 g/mol. The summed E-state index contributed by atoms with van der Waals surface area (Å²) >= 11 is 0. The largest absolute Gasteiger partial charge is 0.391 e. The van der Waals surface area contributed by atoms with Crippen LogP contribution in [0.1, 0.15) is 30.4 Å². The highest BCUT2D eigenvalue weighted by atomic mass is 16.3. The van der Waals surface area contributed by atoms with Crippen LogP contribution in [0.2, 0.25) is 0 Å². The van der Waals surface area contributed by atoms with Crippen LogP contribution >= 0.6 is 0 Å².